The number of ether oxygens (including phenoxy) is 3. The second kappa shape index (κ2) is 8.98. The van der Waals surface area contributed by atoms with Gasteiger partial charge >= 0.3 is 0 Å². The van der Waals surface area contributed by atoms with E-state index < -0.39 is 0 Å². The number of hydrogen-bond acceptors (Lipinski definition) is 5. The SMILES string of the molecule is COc1cc(C(=O)NCCC2C=c3ccc(C)c(C)c3=NC2=O)cc(OC)c1OC. The average Bonchev–Trinajstić information content (AvgIpc) is 2.76. The van der Waals surface area contributed by atoms with E-state index in [4.69, 9.17) is 14.2 Å². The molecule has 0 spiro atoms. The molecule has 2 aromatic rings. The van der Waals surface area contributed by atoms with Crippen LogP contribution < -0.4 is 30.1 Å². The van der Waals surface area contributed by atoms with Crippen molar-refractivity contribution in [3.63, 3.8) is 0 Å². The molecule has 7 nitrogen and oxygen atoms in total. The van der Waals surface area contributed by atoms with Crippen LogP contribution >= 0.6 is 0 Å². The van der Waals surface area contributed by atoms with Crippen LogP contribution in [0.3, 0.4) is 0 Å². The van der Waals surface area contributed by atoms with Crippen LogP contribution in [-0.2, 0) is 4.79 Å². The summed E-state index contributed by atoms with van der Waals surface area (Å²) in [5.41, 5.74) is 2.51. The fourth-order valence-electron chi connectivity index (χ4n) is 3.45. The van der Waals surface area contributed by atoms with Crippen LogP contribution in [0, 0.1) is 19.8 Å². The first kappa shape index (κ1) is 21.4. The molecule has 1 heterocycles. The Morgan fingerprint density at radius 2 is 1.73 bits per heavy atom. The second-order valence-electron chi connectivity index (χ2n) is 7.13. The van der Waals surface area contributed by atoms with Crippen LogP contribution in [0.4, 0.5) is 0 Å². The van der Waals surface area contributed by atoms with E-state index in [1.165, 1.54) is 21.3 Å². The number of carbonyl (C=O) groups is 2. The summed E-state index contributed by atoms with van der Waals surface area (Å²) in [6, 6.07) is 7.19. The molecule has 0 aromatic heterocycles. The maximum absolute atomic E-state index is 12.6. The van der Waals surface area contributed by atoms with Crippen molar-refractivity contribution in [2.75, 3.05) is 27.9 Å². The Hall–Kier alpha value is -3.35. The van der Waals surface area contributed by atoms with Gasteiger partial charge in [-0.1, -0.05) is 18.2 Å². The summed E-state index contributed by atoms with van der Waals surface area (Å²) in [5.74, 6) is 0.391. The number of fused-ring (bicyclic) bond motifs is 1. The zero-order valence-corrected chi connectivity index (χ0v) is 17.9. The summed E-state index contributed by atoms with van der Waals surface area (Å²) >= 11 is 0. The molecule has 2 amide bonds. The number of hydrogen-bond donors (Lipinski definition) is 1. The van der Waals surface area contributed by atoms with E-state index in [1.807, 2.05) is 32.1 Å². The van der Waals surface area contributed by atoms with Crippen LogP contribution in [0.25, 0.3) is 6.08 Å². The van der Waals surface area contributed by atoms with E-state index in [-0.39, 0.29) is 17.7 Å². The van der Waals surface area contributed by atoms with Crippen molar-refractivity contribution in [2.24, 2.45) is 10.9 Å². The third kappa shape index (κ3) is 4.15. The first-order valence-corrected chi connectivity index (χ1v) is 9.68. The molecule has 0 aliphatic carbocycles. The maximum atomic E-state index is 12.6. The van der Waals surface area contributed by atoms with Crippen LogP contribution in [0.15, 0.2) is 29.3 Å². The highest BCUT2D eigenvalue weighted by Gasteiger charge is 2.20. The molecular formula is C23H26N2O5. The van der Waals surface area contributed by atoms with E-state index >= 15 is 0 Å². The zero-order chi connectivity index (χ0) is 21.8. The normalized spacial score (nSPS) is 14.8. The highest BCUT2D eigenvalue weighted by atomic mass is 16.5. The van der Waals surface area contributed by atoms with E-state index in [2.05, 4.69) is 10.3 Å². The zero-order valence-electron chi connectivity index (χ0n) is 17.9. The molecule has 1 atom stereocenters. The minimum absolute atomic E-state index is 0.182. The van der Waals surface area contributed by atoms with Crippen molar-refractivity contribution in [2.45, 2.75) is 20.3 Å². The first-order chi connectivity index (χ1) is 14.4. The highest BCUT2D eigenvalue weighted by molar-refractivity contribution is 5.95. The van der Waals surface area contributed by atoms with Gasteiger partial charge in [0.15, 0.2) is 11.5 Å². The number of nitrogens with one attached hydrogen (secondary N) is 1. The summed E-state index contributed by atoms with van der Waals surface area (Å²) in [7, 11) is 4.49. The smallest absolute Gasteiger partial charge is 0.253 e. The molecule has 1 N–H and O–H groups in total. The molecule has 0 saturated carbocycles. The van der Waals surface area contributed by atoms with E-state index in [0.717, 1.165) is 21.7 Å². The van der Waals surface area contributed by atoms with Crippen LogP contribution in [0.5, 0.6) is 17.2 Å². The van der Waals surface area contributed by atoms with E-state index in [0.29, 0.717) is 35.8 Å². The van der Waals surface area contributed by atoms with Crippen molar-refractivity contribution in [1.29, 1.82) is 0 Å². The molecule has 1 unspecified atom stereocenters. The topological polar surface area (TPSA) is 86.2 Å². The predicted molar refractivity (Wildman–Crippen MR) is 113 cm³/mol. The van der Waals surface area contributed by atoms with Gasteiger partial charge in [0.1, 0.15) is 0 Å². The maximum Gasteiger partial charge on any atom is 0.253 e. The lowest BCUT2D eigenvalue weighted by Gasteiger charge is -2.15. The van der Waals surface area contributed by atoms with E-state index in [9.17, 15) is 9.59 Å². The van der Waals surface area contributed by atoms with Crippen LogP contribution in [-0.4, -0.2) is 39.7 Å². The molecule has 2 aromatic carbocycles. The summed E-state index contributed by atoms with van der Waals surface area (Å²) in [5, 5.41) is 4.55. The number of aryl methyl sites for hydroxylation is 1. The van der Waals surface area contributed by atoms with Crippen molar-refractivity contribution >= 4 is 17.9 Å². The number of nitrogens with zero attached hydrogens (tertiary/aromatic N) is 1. The quantitative estimate of drug-likeness (QED) is 0.751. The lowest BCUT2D eigenvalue weighted by molar-refractivity contribution is -0.120. The number of benzene rings is 2. The van der Waals surface area contributed by atoms with Crippen molar-refractivity contribution in [3.05, 3.63) is 51.5 Å². The minimum atomic E-state index is -0.361. The second-order valence-corrected chi connectivity index (χ2v) is 7.13. The Labute approximate surface area is 175 Å². The molecule has 3 rings (SSSR count). The van der Waals surface area contributed by atoms with E-state index in [1.54, 1.807) is 12.1 Å². The van der Waals surface area contributed by atoms with Gasteiger partial charge < -0.3 is 19.5 Å². The van der Waals surface area contributed by atoms with Gasteiger partial charge in [-0.2, -0.15) is 0 Å². The van der Waals surface area contributed by atoms with Gasteiger partial charge in [-0.25, -0.2) is 4.99 Å². The molecule has 0 fully saturated rings. The number of methoxy groups -OCH3 is 3. The van der Waals surface area contributed by atoms with Gasteiger partial charge in [0.2, 0.25) is 5.75 Å². The van der Waals surface area contributed by atoms with Gasteiger partial charge in [0.25, 0.3) is 11.8 Å². The lowest BCUT2D eigenvalue weighted by atomic mass is 9.98. The van der Waals surface area contributed by atoms with Crippen molar-refractivity contribution in [3.8, 4) is 17.2 Å². The third-order valence-corrected chi connectivity index (χ3v) is 5.32. The summed E-state index contributed by atoms with van der Waals surface area (Å²) in [4.78, 5) is 29.3. The van der Waals surface area contributed by atoms with Gasteiger partial charge in [0.05, 0.1) is 32.6 Å². The summed E-state index contributed by atoms with van der Waals surface area (Å²) in [6.45, 7) is 4.30. The molecule has 30 heavy (non-hydrogen) atoms. The largest absolute Gasteiger partial charge is 0.493 e. The minimum Gasteiger partial charge on any atom is -0.493 e. The molecule has 158 valence electrons. The van der Waals surface area contributed by atoms with Crippen LogP contribution in [0.2, 0.25) is 0 Å². The van der Waals surface area contributed by atoms with Crippen molar-refractivity contribution < 1.29 is 23.8 Å². The summed E-state index contributed by atoms with van der Waals surface area (Å²) in [6.07, 6.45) is 2.40. The number of rotatable bonds is 7. The molecule has 7 heteroatoms. The Balaban J connectivity index is 1.71. The standard InChI is InChI=1S/C23H26N2O5/c1-13-6-7-15-10-16(23(27)25-20(15)14(13)2)8-9-24-22(26)17-11-18(28-3)21(30-5)19(12-17)29-4/h6-7,10-12,16H,8-9H2,1-5H3,(H,24,26). The van der Waals surface area contributed by atoms with Crippen LogP contribution in [0.1, 0.15) is 27.9 Å². The predicted octanol–water partition coefficient (Wildman–Crippen LogP) is 1.71. The van der Waals surface area contributed by atoms with Gasteiger partial charge in [-0.15, -0.1) is 0 Å². The Morgan fingerprint density at radius 1 is 1.07 bits per heavy atom. The van der Waals surface area contributed by atoms with Gasteiger partial charge in [-0.3, -0.25) is 9.59 Å². The molecule has 0 bridgehead atoms. The highest BCUT2D eigenvalue weighted by Crippen LogP contribution is 2.38. The fraction of sp³-hybridized carbons (Fsp3) is 0.348. The monoisotopic (exact) mass is 410 g/mol. The average molecular weight is 410 g/mol. The van der Waals surface area contributed by atoms with Gasteiger partial charge in [-0.05, 0) is 48.7 Å². The molecular weight excluding hydrogens is 384 g/mol. The fourth-order valence-corrected chi connectivity index (χ4v) is 3.45. The Morgan fingerprint density at radius 3 is 2.33 bits per heavy atom. The molecule has 1 aliphatic rings. The number of carbonyl (C=O) groups excluding carboxylic acids is 2. The third-order valence-electron chi connectivity index (χ3n) is 5.32. The molecule has 0 saturated heterocycles. The first-order valence-electron chi connectivity index (χ1n) is 9.68. The summed E-state index contributed by atoms with van der Waals surface area (Å²) < 4.78 is 15.9. The number of amides is 2. The molecule has 1 aliphatic heterocycles. The molecule has 0 radical (unpaired) electrons. The Bertz CT molecular complexity index is 1080. The Kier molecular flexibility index (Phi) is 6.40. The van der Waals surface area contributed by atoms with Gasteiger partial charge in [0, 0.05) is 12.1 Å². The lowest BCUT2D eigenvalue weighted by Crippen LogP contribution is -2.37. The van der Waals surface area contributed by atoms with Crippen molar-refractivity contribution in [1.82, 2.24) is 5.32 Å².